The minimum Gasteiger partial charge on any atom is -0.206 e. The molecule has 0 amide bonds. The predicted molar refractivity (Wildman–Crippen MR) is 117 cm³/mol. The van der Waals surface area contributed by atoms with Gasteiger partial charge >= 0.3 is 0 Å². The summed E-state index contributed by atoms with van der Waals surface area (Å²) in [5.41, 5.74) is 4.10. The lowest BCUT2D eigenvalue weighted by molar-refractivity contribution is 0.501. The fourth-order valence-corrected chi connectivity index (χ4v) is 4.27. The molecule has 0 bridgehead atoms. The quantitative estimate of drug-likeness (QED) is 0.370. The fraction of sp³-hybridized carbons (Fsp3) is 0.259. The van der Waals surface area contributed by atoms with Crippen LogP contribution in [-0.4, -0.2) is 0 Å². The van der Waals surface area contributed by atoms with E-state index in [2.05, 4.69) is 0 Å². The summed E-state index contributed by atoms with van der Waals surface area (Å²) in [6.07, 6.45) is 4.93. The van der Waals surface area contributed by atoms with Crippen LogP contribution in [0.4, 0.5) is 17.6 Å². The van der Waals surface area contributed by atoms with Gasteiger partial charge in [-0.15, -0.1) is 0 Å². The van der Waals surface area contributed by atoms with Gasteiger partial charge in [0.1, 0.15) is 11.6 Å². The first-order valence-corrected chi connectivity index (χ1v) is 10.7. The molecule has 0 unspecified atom stereocenters. The molecule has 1 aliphatic rings. The number of allylic oxidation sites excluding steroid dienone is 2. The number of halogens is 4. The van der Waals surface area contributed by atoms with E-state index in [0.717, 1.165) is 35.1 Å². The number of rotatable bonds is 5. The molecule has 0 aromatic heterocycles. The second-order valence-electron chi connectivity index (χ2n) is 8.03. The van der Waals surface area contributed by atoms with Crippen LogP contribution in [0, 0.1) is 23.3 Å². The number of hydrogen-bond donors (Lipinski definition) is 0. The lowest BCUT2D eigenvalue weighted by atomic mass is 9.85. The molecular weight excluding hydrogens is 400 g/mol. The van der Waals surface area contributed by atoms with Crippen LogP contribution in [0.2, 0.25) is 0 Å². The molecule has 0 fully saturated rings. The van der Waals surface area contributed by atoms with Gasteiger partial charge in [-0.1, -0.05) is 50.6 Å². The molecule has 4 heteroatoms. The molecule has 0 atom stereocenters. The molecule has 0 N–H and O–H groups in total. The Bertz CT molecular complexity index is 1170. The van der Waals surface area contributed by atoms with Crippen molar-refractivity contribution >= 4 is 5.57 Å². The molecule has 0 saturated carbocycles. The standard InChI is InChI=1S/C27H24F4/c1-3-5-16-6-10-21(24(28)12-16)19-8-7-18-14-23(25(29)15-20(18)13-19)22-11-9-17(4-2)26(30)27(22)31/h6,8-12,14-15H,3-5,7,13H2,1-2H3. The topological polar surface area (TPSA) is 0 Å². The van der Waals surface area contributed by atoms with E-state index in [0.29, 0.717) is 24.8 Å². The number of benzene rings is 3. The summed E-state index contributed by atoms with van der Waals surface area (Å²) in [7, 11) is 0. The SMILES string of the molecule is CCCc1ccc(C2=CCc3cc(-c4ccc(CC)c(F)c4F)c(F)cc3C2)c(F)c1. The molecule has 31 heavy (non-hydrogen) atoms. The monoisotopic (exact) mass is 424 g/mol. The maximum absolute atomic E-state index is 14.9. The van der Waals surface area contributed by atoms with E-state index in [-0.39, 0.29) is 22.5 Å². The Kier molecular flexibility index (Phi) is 5.99. The van der Waals surface area contributed by atoms with Crippen molar-refractivity contribution in [3.63, 3.8) is 0 Å². The normalized spacial score (nSPS) is 13.2. The zero-order chi connectivity index (χ0) is 22.1. The maximum atomic E-state index is 14.9. The molecule has 0 saturated heterocycles. The highest BCUT2D eigenvalue weighted by Crippen LogP contribution is 2.35. The van der Waals surface area contributed by atoms with Crippen LogP contribution in [0.1, 0.15) is 48.1 Å². The Hall–Kier alpha value is -2.88. The third kappa shape index (κ3) is 4.04. The largest absolute Gasteiger partial charge is 0.206 e. The summed E-state index contributed by atoms with van der Waals surface area (Å²) < 4.78 is 58.4. The zero-order valence-corrected chi connectivity index (χ0v) is 17.7. The van der Waals surface area contributed by atoms with Crippen molar-refractivity contribution in [3.8, 4) is 11.1 Å². The second-order valence-corrected chi connectivity index (χ2v) is 8.03. The maximum Gasteiger partial charge on any atom is 0.167 e. The van der Waals surface area contributed by atoms with E-state index >= 15 is 0 Å². The molecule has 160 valence electrons. The van der Waals surface area contributed by atoms with Gasteiger partial charge in [0, 0.05) is 16.7 Å². The van der Waals surface area contributed by atoms with Crippen molar-refractivity contribution < 1.29 is 17.6 Å². The van der Waals surface area contributed by atoms with Gasteiger partial charge in [0.05, 0.1) is 0 Å². The second kappa shape index (κ2) is 8.70. The molecule has 4 rings (SSSR count). The molecule has 3 aromatic carbocycles. The van der Waals surface area contributed by atoms with E-state index in [4.69, 9.17) is 0 Å². The number of aryl methyl sites for hydroxylation is 2. The Balaban J connectivity index is 1.67. The van der Waals surface area contributed by atoms with Gasteiger partial charge in [-0.3, -0.25) is 0 Å². The van der Waals surface area contributed by atoms with Crippen molar-refractivity contribution in [1.29, 1.82) is 0 Å². The van der Waals surface area contributed by atoms with Crippen molar-refractivity contribution in [2.45, 2.75) is 46.0 Å². The average molecular weight is 424 g/mol. The number of fused-ring (bicyclic) bond motifs is 1. The van der Waals surface area contributed by atoms with Crippen LogP contribution in [0.5, 0.6) is 0 Å². The van der Waals surface area contributed by atoms with Gasteiger partial charge < -0.3 is 0 Å². The van der Waals surface area contributed by atoms with Crippen LogP contribution in [0.3, 0.4) is 0 Å². The predicted octanol–water partition coefficient (Wildman–Crippen LogP) is 7.61. The average Bonchev–Trinajstić information content (AvgIpc) is 2.75. The van der Waals surface area contributed by atoms with Gasteiger partial charge in [-0.2, -0.15) is 0 Å². The van der Waals surface area contributed by atoms with Crippen LogP contribution >= 0.6 is 0 Å². The van der Waals surface area contributed by atoms with Crippen LogP contribution < -0.4 is 0 Å². The van der Waals surface area contributed by atoms with Crippen LogP contribution in [0.25, 0.3) is 16.7 Å². The smallest absolute Gasteiger partial charge is 0.167 e. The van der Waals surface area contributed by atoms with E-state index in [1.807, 2.05) is 19.1 Å². The van der Waals surface area contributed by atoms with E-state index in [1.54, 1.807) is 25.1 Å². The molecule has 1 aliphatic carbocycles. The molecule has 3 aromatic rings. The molecule has 0 spiro atoms. The zero-order valence-electron chi connectivity index (χ0n) is 17.7. The highest BCUT2D eigenvalue weighted by molar-refractivity contribution is 5.74. The highest BCUT2D eigenvalue weighted by atomic mass is 19.2. The first kappa shape index (κ1) is 21.4. The van der Waals surface area contributed by atoms with E-state index < -0.39 is 17.5 Å². The van der Waals surface area contributed by atoms with E-state index in [9.17, 15) is 17.6 Å². The lowest BCUT2D eigenvalue weighted by Gasteiger charge is -2.20. The van der Waals surface area contributed by atoms with Gasteiger partial charge in [-0.05, 0) is 71.7 Å². The van der Waals surface area contributed by atoms with Gasteiger partial charge in [0.2, 0.25) is 0 Å². The van der Waals surface area contributed by atoms with Crippen molar-refractivity contribution in [1.82, 2.24) is 0 Å². The minimum absolute atomic E-state index is 0.0461. The fourth-order valence-electron chi connectivity index (χ4n) is 4.27. The molecule has 0 heterocycles. The third-order valence-electron chi connectivity index (χ3n) is 5.99. The minimum atomic E-state index is -1.03. The summed E-state index contributed by atoms with van der Waals surface area (Å²) in [4.78, 5) is 0. The summed E-state index contributed by atoms with van der Waals surface area (Å²) in [5.74, 6) is -2.84. The van der Waals surface area contributed by atoms with Crippen LogP contribution in [-0.2, 0) is 25.7 Å². The molecule has 0 radical (unpaired) electrons. The summed E-state index contributed by atoms with van der Waals surface area (Å²) in [5, 5.41) is 0. The van der Waals surface area contributed by atoms with Gasteiger partial charge in [-0.25, -0.2) is 17.6 Å². The van der Waals surface area contributed by atoms with Crippen molar-refractivity contribution in [2.75, 3.05) is 0 Å². The van der Waals surface area contributed by atoms with Gasteiger partial charge in [0.15, 0.2) is 11.6 Å². The summed E-state index contributed by atoms with van der Waals surface area (Å²) in [6, 6.07) is 11.2. The van der Waals surface area contributed by atoms with E-state index in [1.165, 1.54) is 18.2 Å². The highest BCUT2D eigenvalue weighted by Gasteiger charge is 2.21. The first-order valence-electron chi connectivity index (χ1n) is 10.7. The Morgan fingerprint density at radius 2 is 1.48 bits per heavy atom. The van der Waals surface area contributed by atoms with Crippen molar-refractivity contribution in [2.24, 2.45) is 0 Å². The Morgan fingerprint density at radius 3 is 2.19 bits per heavy atom. The first-order chi connectivity index (χ1) is 14.9. The molecular formula is C27H24F4. The van der Waals surface area contributed by atoms with Gasteiger partial charge in [0.25, 0.3) is 0 Å². The van der Waals surface area contributed by atoms with Crippen LogP contribution in [0.15, 0.2) is 48.5 Å². The Labute approximate surface area is 180 Å². The summed E-state index contributed by atoms with van der Waals surface area (Å²) in [6.45, 7) is 3.79. The lowest BCUT2D eigenvalue weighted by Crippen LogP contribution is -2.06. The third-order valence-corrected chi connectivity index (χ3v) is 5.99. The Morgan fingerprint density at radius 1 is 0.742 bits per heavy atom. The molecule has 0 aliphatic heterocycles. The summed E-state index contributed by atoms with van der Waals surface area (Å²) >= 11 is 0. The molecule has 0 nitrogen and oxygen atoms in total. The van der Waals surface area contributed by atoms with Crippen molar-refractivity contribution in [3.05, 3.63) is 99.6 Å². The number of hydrogen-bond acceptors (Lipinski definition) is 0.